The molecule has 0 atom stereocenters. The summed E-state index contributed by atoms with van der Waals surface area (Å²) in [5.74, 6) is 1.21. The van der Waals surface area contributed by atoms with Gasteiger partial charge in [0.15, 0.2) is 11.3 Å². The lowest BCUT2D eigenvalue weighted by atomic mass is 10.1. The molecule has 156 valence electrons. The van der Waals surface area contributed by atoms with E-state index >= 15 is 0 Å². The summed E-state index contributed by atoms with van der Waals surface area (Å²) in [7, 11) is 0. The van der Waals surface area contributed by atoms with Gasteiger partial charge < -0.3 is 0 Å². The van der Waals surface area contributed by atoms with Crippen LogP contribution in [0.1, 0.15) is 31.7 Å². The maximum Gasteiger partial charge on any atom is 0.265 e. The Labute approximate surface area is 180 Å². The average molecular weight is 412 g/mol. The van der Waals surface area contributed by atoms with E-state index in [9.17, 15) is 4.79 Å². The highest BCUT2D eigenvalue weighted by Crippen LogP contribution is 2.29. The Morgan fingerprint density at radius 3 is 2.35 bits per heavy atom. The first-order chi connectivity index (χ1) is 14.9. The zero-order valence-electron chi connectivity index (χ0n) is 18.3. The molecule has 5 aromatic rings. The minimum Gasteiger partial charge on any atom is -0.296 e. The van der Waals surface area contributed by atoms with Crippen molar-refractivity contribution < 1.29 is 0 Å². The molecular formula is C25H25N5O. The van der Waals surface area contributed by atoms with E-state index in [1.807, 2.05) is 47.9 Å². The lowest BCUT2D eigenvalue weighted by Crippen LogP contribution is -2.24. The normalized spacial score (nSPS) is 11.9. The molecule has 31 heavy (non-hydrogen) atoms. The molecule has 0 aliphatic heterocycles. The van der Waals surface area contributed by atoms with Crippen LogP contribution in [0.3, 0.4) is 0 Å². The monoisotopic (exact) mass is 411 g/mol. The fraction of sp³-hybridized carbons (Fsp3) is 0.280. The Hall–Kier alpha value is -3.54. The molecule has 2 aromatic carbocycles. The molecule has 0 aliphatic carbocycles. The van der Waals surface area contributed by atoms with Crippen LogP contribution >= 0.6 is 0 Å². The van der Waals surface area contributed by atoms with Gasteiger partial charge in [-0.15, -0.1) is 0 Å². The highest BCUT2D eigenvalue weighted by molar-refractivity contribution is 6.05. The van der Waals surface area contributed by atoms with Crippen molar-refractivity contribution >= 4 is 33.2 Å². The number of benzene rings is 2. The predicted octanol–water partition coefficient (Wildman–Crippen LogP) is 4.95. The van der Waals surface area contributed by atoms with Crippen molar-refractivity contribution in [3.63, 3.8) is 0 Å². The third-order valence-corrected chi connectivity index (χ3v) is 5.74. The standard InChI is InChI=1S/C25H25N5O/c1-15(2)12-13-29-17(4)26-23-21(25(29)31)22-24(28-20-11-6-5-10-19(20)27-22)30(23)18-9-7-8-16(3)14-18/h5-11,14-15H,12-13H2,1-4H3. The molecule has 6 nitrogen and oxygen atoms in total. The summed E-state index contributed by atoms with van der Waals surface area (Å²) in [6, 6.07) is 15.9. The fourth-order valence-corrected chi connectivity index (χ4v) is 4.09. The van der Waals surface area contributed by atoms with Gasteiger partial charge in [0, 0.05) is 12.2 Å². The summed E-state index contributed by atoms with van der Waals surface area (Å²) in [6.45, 7) is 8.91. The van der Waals surface area contributed by atoms with Crippen molar-refractivity contribution in [2.24, 2.45) is 5.92 Å². The van der Waals surface area contributed by atoms with Crippen LogP contribution in [-0.2, 0) is 6.54 Å². The Balaban J connectivity index is 1.94. The SMILES string of the molecule is Cc1cccc(-n2c3nc4ccccc4nc3c3c(=O)n(CCC(C)C)c(C)nc32)c1. The molecule has 3 heterocycles. The first-order valence-corrected chi connectivity index (χ1v) is 10.7. The molecule has 0 unspecified atom stereocenters. The third kappa shape index (κ3) is 3.19. The summed E-state index contributed by atoms with van der Waals surface area (Å²) in [5, 5.41) is 0.532. The van der Waals surface area contributed by atoms with Crippen molar-refractivity contribution in [3.05, 3.63) is 70.3 Å². The van der Waals surface area contributed by atoms with Gasteiger partial charge in [0.1, 0.15) is 16.7 Å². The van der Waals surface area contributed by atoms with Crippen LogP contribution in [0.2, 0.25) is 0 Å². The summed E-state index contributed by atoms with van der Waals surface area (Å²) in [4.78, 5) is 28.3. The van der Waals surface area contributed by atoms with Crippen LogP contribution in [0.25, 0.3) is 38.9 Å². The number of fused-ring (bicyclic) bond motifs is 4. The minimum atomic E-state index is -0.0517. The zero-order chi connectivity index (χ0) is 21.7. The summed E-state index contributed by atoms with van der Waals surface area (Å²) < 4.78 is 3.75. The predicted molar refractivity (Wildman–Crippen MR) is 125 cm³/mol. The van der Waals surface area contributed by atoms with E-state index in [1.165, 1.54) is 0 Å². The molecular weight excluding hydrogens is 386 g/mol. The second-order valence-electron chi connectivity index (χ2n) is 8.56. The Kier molecular flexibility index (Phi) is 4.58. The topological polar surface area (TPSA) is 65.6 Å². The smallest absolute Gasteiger partial charge is 0.265 e. The molecule has 0 radical (unpaired) electrons. The summed E-state index contributed by atoms with van der Waals surface area (Å²) in [5.41, 5.74) is 5.44. The first kappa shape index (κ1) is 19.4. The van der Waals surface area contributed by atoms with Crippen LogP contribution < -0.4 is 5.56 Å². The second-order valence-corrected chi connectivity index (χ2v) is 8.56. The van der Waals surface area contributed by atoms with Gasteiger partial charge >= 0.3 is 0 Å². The molecule has 0 fully saturated rings. The van der Waals surface area contributed by atoms with E-state index in [-0.39, 0.29) is 5.56 Å². The van der Waals surface area contributed by atoms with Crippen LogP contribution in [0, 0.1) is 19.8 Å². The molecule has 0 saturated carbocycles. The van der Waals surface area contributed by atoms with Gasteiger partial charge in [-0.3, -0.25) is 13.9 Å². The van der Waals surface area contributed by atoms with Gasteiger partial charge in [-0.05, 0) is 56.0 Å². The number of rotatable bonds is 4. The number of hydrogen-bond acceptors (Lipinski definition) is 4. The van der Waals surface area contributed by atoms with Crippen LogP contribution in [0.5, 0.6) is 0 Å². The maximum atomic E-state index is 13.7. The van der Waals surface area contributed by atoms with Crippen molar-refractivity contribution in [1.29, 1.82) is 0 Å². The molecule has 5 rings (SSSR count). The highest BCUT2D eigenvalue weighted by atomic mass is 16.1. The lowest BCUT2D eigenvalue weighted by Gasteiger charge is -2.12. The molecule has 0 amide bonds. The molecule has 0 saturated heterocycles. The molecule has 0 N–H and O–H groups in total. The largest absolute Gasteiger partial charge is 0.296 e. The Morgan fingerprint density at radius 1 is 0.903 bits per heavy atom. The van der Waals surface area contributed by atoms with Gasteiger partial charge in [0.25, 0.3) is 5.56 Å². The molecule has 0 spiro atoms. The second kappa shape index (κ2) is 7.30. The van der Waals surface area contributed by atoms with Crippen LogP contribution in [0.15, 0.2) is 53.3 Å². The number of para-hydroxylation sites is 2. The summed E-state index contributed by atoms with van der Waals surface area (Å²) >= 11 is 0. The molecule has 0 bridgehead atoms. The van der Waals surface area contributed by atoms with Crippen molar-refractivity contribution in [3.8, 4) is 5.69 Å². The minimum absolute atomic E-state index is 0.0517. The number of aromatic nitrogens is 5. The summed E-state index contributed by atoms with van der Waals surface area (Å²) in [6.07, 6.45) is 0.916. The van der Waals surface area contributed by atoms with Crippen molar-refractivity contribution in [2.75, 3.05) is 0 Å². The van der Waals surface area contributed by atoms with E-state index in [0.29, 0.717) is 40.5 Å². The van der Waals surface area contributed by atoms with E-state index in [2.05, 4.69) is 32.9 Å². The lowest BCUT2D eigenvalue weighted by molar-refractivity contribution is 0.498. The van der Waals surface area contributed by atoms with Crippen molar-refractivity contribution in [1.82, 2.24) is 24.1 Å². The average Bonchev–Trinajstić information content (AvgIpc) is 3.04. The third-order valence-electron chi connectivity index (χ3n) is 5.74. The Morgan fingerprint density at radius 2 is 1.65 bits per heavy atom. The van der Waals surface area contributed by atoms with Gasteiger partial charge in [-0.2, -0.15) is 0 Å². The van der Waals surface area contributed by atoms with E-state index in [0.717, 1.165) is 28.7 Å². The van der Waals surface area contributed by atoms with Crippen molar-refractivity contribution in [2.45, 2.75) is 40.7 Å². The first-order valence-electron chi connectivity index (χ1n) is 10.7. The van der Waals surface area contributed by atoms with Gasteiger partial charge in [-0.25, -0.2) is 15.0 Å². The molecule has 3 aromatic heterocycles. The highest BCUT2D eigenvalue weighted by Gasteiger charge is 2.22. The number of hydrogen-bond donors (Lipinski definition) is 0. The Bertz CT molecular complexity index is 1510. The molecule has 6 heteroatoms. The molecule has 0 aliphatic rings. The maximum absolute atomic E-state index is 13.7. The van der Waals surface area contributed by atoms with Gasteiger partial charge in [0.05, 0.1) is 11.0 Å². The van der Waals surface area contributed by atoms with Gasteiger partial charge in [0.2, 0.25) is 0 Å². The quantitative estimate of drug-likeness (QED) is 0.420. The van der Waals surface area contributed by atoms with E-state index in [1.54, 1.807) is 4.57 Å². The van der Waals surface area contributed by atoms with Gasteiger partial charge in [-0.1, -0.05) is 38.1 Å². The zero-order valence-corrected chi connectivity index (χ0v) is 18.3. The fourth-order valence-electron chi connectivity index (χ4n) is 4.09. The van der Waals surface area contributed by atoms with E-state index in [4.69, 9.17) is 15.0 Å². The van der Waals surface area contributed by atoms with Crippen LogP contribution in [-0.4, -0.2) is 24.1 Å². The van der Waals surface area contributed by atoms with E-state index < -0.39 is 0 Å². The number of nitrogens with zero attached hydrogens (tertiary/aromatic N) is 5. The van der Waals surface area contributed by atoms with Crippen LogP contribution in [0.4, 0.5) is 0 Å². The number of aryl methyl sites for hydroxylation is 2.